The summed E-state index contributed by atoms with van der Waals surface area (Å²) in [5, 5.41) is 9.56. The third-order valence-electron chi connectivity index (χ3n) is 4.67. The van der Waals surface area contributed by atoms with Gasteiger partial charge in [0.15, 0.2) is 5.78 Å². The number of carbonyl (C=O) groups is 1. The van der Waals surface area contributed by atoms with Crippen LogP contribution in [0.4, 0.5) is 13.2 Å². The minimum Gasteiger partial charge on any atom is -0.508 e. The largest absolute Gasteiger partial charge is 0.508 e. The number of hydrogen-bond acceptors (Lipinski definition) is 3. The minimum absolute atomic E-state index is 0.115. The van der Waals surface area contributed by atoms with Crippen molar-refractivity contribution in [3.63, 3.8) is 0 Å². The van der Waals surface area contributed by atoms with Gasteiger partial charge < -0.3 is 5.11 Å². The summed E-state index contributed by atoms with van der Waals surface area (Å²) in [4.78, 5) is 14.8. The highest BCUT2D eigenvalue weighted by molar-refractivity contribution is 5.98. The monoisotopic (exact) mass is 363 g/mol. The molecule has 1 aliphatic rings. The Labute approximate surface area is 150 Å². The molecule has 0 bridgehead atoms. The van der Waals surface area contributed by atoms with Gasteiger partial charge >= 0.3 is 6.18 Å². The van der Waals surface area contributed by atoms with Crippen molar-refractivity contribution >= 4 is 5.78 Å². The van der Waals surface area contributed by atoms with Gasteiger partial charge in [-0.3, -0.25) is 9.69 Å². The molecule has 1 fully saturated rings. The predicted molar refractivity (Wildman–Crippen MR) is 91.9 cm³/mol. The lowest BCUT2D eigenvalue weighted by molar-refractivity contribution is -0.137. The highest BCUT2D eigenvalue weighted by Gasteiger charge is 2.32. The van der Waals surface area contributed by atoms with E-state index in [0.717, 1.165) is 30.7 Å². The Balaban J connectivity index is 1.70. The maximum absolute atomic E-state index is 12.9. The fourth-order valence-electron chi connectivity index (χ4n) is 3.41. The summed E-state index contributed by atoms with van der Waals surface area (Å²) in [7, 11) is 0. The molecule has 138 valence electrons. The molecule has 0 unspecified atom stereocenters. The first-order valence-electron chi connectivity index (χ1n) is 8.54. The van der Waals surface area contributed by atoms with Gasteiger partial charge in [-0.2, -0.15) is 13.2 Å². The van der Waals surface area contributed by atoms with E-state index >= 15 is 0 Å². The van der Waals surface area contributed by atoms with E-state index in [0.29, 0.717) is 19.5 Å². The van der Waals surface area contributed by atoms with Gasteiger partial charge in [-0.25, -0.2) is 0 Å². The molecule has 0 radical (unpaired) electrons. The first kappa shape index (κ1) is 18.5. The lowest BCUT2D eigenvalue weighted by atomic mass is 9.89. The van der Waals surface area contributed by atoms with Gasteiger partial charge in [0.25, 0.3) is 0 Å². The first-order chi connectivity index (χ1) is 12.3. The van der Waals surface area contributed by atoms with E-state index in [4.69, 9.17) is 0 Å². The van der Waals surface area contributed by atoms with Gasteiger partial charge in [-0.15, -0.1) is 0 Å². The van der Waals surface area contributed by atoms with Gasteiger partial charge in [-0.1, -0.05) is 24.3 Å². The summed E-state index contributed by atoms with van der Waals surface area (Å²) >= 11 is 0. The zero-order chi connectivity index (χ0) is 18.7. The van der Waals surface area contributed by atoms with Gasteiger partial charge in [0.05, 0.1) is 5.56 Å². The molecule has 1 aliphatic heterocycles. The van der Waals surface area contributed by atoms with E-state index in [-0.39, 0.29) is 23.0 Å². The number of benzene rings is 2. The van der Waals surface area contributed by atoms with E-state index in [1.165, 1.54) is 12.1 Å². The Morgan fingerprint density at radius 3 is 2.65 bits per heavy atom. The number of aromatic hydroxyl groups is 1. The summed E-state index contributed by atoms with van der Waals surface area (Å²) in [5.74, 6) is -0.364. The van der Waals surface area contributed by atoms with Gasteiger partial charge in [-0.05, 0) is 49.2 Å². The van der Waals surface area contributed by atoms with Gasteiger partial charge in [0, 0.05) is 24.6 Å². The van der Waals surface area contributed by atoms with E-state index in [2.05, 4.69) is 4.90 Å². The van der Waals surface area contributed by atoms with Crippen molar-refractivity contribution < 1.29 is 23.1 Å². The Morgan fingerprint density at radius 2 is 1.92 bits per heavy atom. The predicted octanol–water partition coefficient (Wildman–Crippen LogP) is 4.51. The number of carbonyl (C=O) groups excluding carboxylic acids is 1. The van der Waals surface area contributed by atoms with Gasteiger partial charge in [0.2, 0.25) is 0 Å². The number of halogens is 3. The molecular weight excluding hydrogens is 343 g/mol. The lowest BCUT2D eigenvalue weighted by Gasteiger charge is -2.32. The smallest absolute Gasteiger partial charge is 0.416 e. The third kappa shape index (κ3) is 4.43. The maximum Gasteiger partial charge on any atom is 0.416 e. The van der Waals surface area contributed by atoms with Crippen LogP contribution in [-0.4, -0.2) is 28.9 Å². The van der Waals surface area contributed by atoms with Crippen LogP contribution in [0.15, 0.2) is 48.5 Å². The zero-order valence-corrected chi connectivity index (χ0v) is 14.2. The molecule has 6 heteroatoms. The van der Waals surface area contributed by atoms with E-state index in [1.54, 1.807) is 18.2 Å². The van der Waals surface area contributed by atoms with Crippen molar-refractivity contribution in [3.05, 3.63) is 65.2 Å². The van der Waals surface area contributed by atoms with E-state index in [9.17, 15) is 23.1 Å². The SMILES string of the molecule is O=C(c1cccc(C(F)(F)F)c1)[C@@H]1CCCN(Cc2cccc(O)c2)C1. The fourth-order valence-corrected chi connectivity index (χ4v) is 3.41. The van der Waals surface area contributed by atoms with Crippen LogP contribution in [0.2, 0.25) is 0 Å². The average Bonchev–Trinajstić information content (AvgIpc) is 2.61. The summed E-state index contributed by atoms with van der Waals surface area (Å²) in [6.07, 6.45) is -2.97. The number of hydrogen-bond donors (Lipinski definition) is 1. The number of piperidine rings is 1. The molecule has 1 N–H and O–H groups in total. The number of nitrogens with zero attached hydrogens (tertiary/aromatic N) is 1. The third-order valence-corrected chi connectivity index (χ3v) is 4.67. The second kappa shape index (κ2) is 7.50. The topological polar surface area (TPSA) is 40.5 Å². The molecule has 0 aromatic heterocycles. The average molecular weight is 363 g/mol. The summed E-state index contributed by atoms with van der Waals surface area (Å²) in [6, 6.07) is 11.6. The highest BCUT2D eigenvalue weighted by Crippen LogP contribution is 2.31. The van der Waals surface area contributed by atoms with E-state index in [1.807, 2.05) is 6.07 Å². The fraction of sp³-hybridized carbons (Fsp3) is 0.350. The van der Waals surface area contributed by atoms with Crippen LogP contribution in [0.1, 0.15) is 34.3 Å². The molecule has 0 amide bonds. The number of Topliss-reactive ketones (excluding diaryl/α,β-unsaturated/α-hetero) is 1. The highest BCUT2D eigenvalue weighted by atomic mass is 19.4. The van der Waals surface area contributed by atoms with Crippen LogP contribution in [0.25, 0.3) is 0 Å². The molecule has 1 heterocycles. The Hall–Kier alpha value is -2.34. The molecular formula is C20H20F3NO2. The quantitative estimate of drug-likeness (QED) is 0.813. The van der Waals surface area contributed by atoms with Crippen LogP contribution in [0.5, 0.6) is 5.75 Å². The second-order valence-corrected chi connectivity index (χ2v) is 6.69. The lowest BCUT2D eigenvalue weighted by Crippen LogP contribution is -2.38. The molecule has 2 aromatic carbocycles. The Bertz CT molecular complexity index is 789. The Morgan fingerprint density at radius 1 is 1.15 bits per heavy atom. The normalized spacial score (nSPS) is 18.7. The molecule has 3 nitrogen and oxygen atoms in total. The van der Waals surface area contributed by atoms with E-state index < -0.39 is 11.7 Å². The van der Waals surface area contributed by atoms with Crippen LogP contribution < -0.4 is 0 Å². The second-order valence-electron chi connectivity index (χ2n) is 6.69. The van der Waals surface area contributed by atoms with Gasteiger partial charge in [0.1, 0.15) is 5.75 Å². The van der Waals surface area contributed by atoms with Crippen molar-refractivity contribution in [1.29, 1.82) is 0 Å². The van der Waals surface area contributed by atoms with Crippen LogP contribution in [0.3, 0.4) is 0 Å². The molecule has 1 saturated heterocycles. The summed E-state index contributed by atoms with van der Waals surface area (Å²) < 4.78 is 38.6. The molecule has 3 rings (SSSR count). The van der Waals surface area contributed by atoms with Crippen molar-refractivity contribution in [3.8, 4) is 5.75 Å². The number of phenols is 1. The van der Waals surface area contributed by atoms with Crippen molar-refractivity contribution in [2.75, 3.05) is 13.1 Å². The number of alkyl halides is 3. The number of rotatable bonds is 4. The van der Waals surface area contributed by atoms with Crippen LogP contribution in [0, 0.1) is 5.92 Å². The molecule has 1 atom stereocenters. The number of phenolic OH excluding ortho intramolecular Hbond substituents is 1. The van der Waals surface area contributed by atoms with Crippen molar-refractivity contribution in [1.82, 2.24) is 4.90 Å². The molecule has 2 aromatic rings. The molecule has 0 aliphatic carbocycles. The number of likely N-dealkylation sites (tertiary alicyclic amines) is 1. The standard InChI is InChI=1S/C20H20F3NO2/c21-20(22,23)17-7-2-5-15(11-17)19(26)16-6-3-9-24(13-16)12-14-4-1-8-18(25)10-14/h1-2,4-5,7-8,10-11,16,25H,3,6,9,12-13H2/t16-/m1/s1. The van der Waals surface area contributed by atoms with Crippen molar-refractivity contribution in [2.24, 2.45) is 5.92 Å². The minimum atomic E-state index is -4.45. The number of ketones is 1. The molecule has 0 spiro atoms. The molecule has 26 heavy (non-hydrogen) atoms. The summed E-state index contributed by atoms with van der Waals surface area (Å²) in [6.45, 7) is 1.92. The first-order valence-corrected chi connectivity index (χ1v) is 8.54. The Kier molecular flexibility index (Phi) is 5.32. The van der Waals surface area contributed by atoms with Crippen LogP contribution >= 0.6 is 0 Å². The molecule has 0 saturated carbocycles. The zero-order valence-electron chi connectivity index (χ0n) is 14.2. The van der Waals surface area contributed by atoms with Crippen LogP contribution in [-0.2, 0) is 12.7 Å². The van der Waals surface area contributed by atoms with Crippen molar-refractivity contribution in [2.45, 2.75) is 25.6 Å². The maximum atomic E-state index is 12.9. The summed E-state index contributed by atoms with van der Waals surface area (Å²) in [5.41, 5.74) is 0.261.